The van der Waals surface area contributed by atoms with Gasteiger partial charge < -0.3 is 10.6 Å². The molecule has 1 aliphatic carbocycles. The molecule has 1 aliphatic rings. The van der Waals surface area contributed by atoms with E-state index in [1.807, 2.05) is 6.07 Å². The Bertz CT molecular complexity index is 419. The van der Waals surface area contributed by atoms with Crippen LogP contribution >= 0.6 is 23.2 Å². The molecular weight excluding hydrogens is 259 g/mol. The molecule has 1 aromatic rings. The summed E-state index contributed by atoms with van der Waals surface area (Å²) < 4.78 is 0. The van der Waals surface area contributed by atoms with Crippen molar-refractivity contribution in [3.05, 3.63) is 28.2 Å². The molecule has 0 unspecified atom stereocenters. The number of halogens is 2. The van der Waals surface area contributed by atoms with Crippen molar-refractivity contribution in [2.24, 2.45) is 0 Å². The van der Waals surface area contributed by atoms with Crippen molar-refractivity contribution in [3.8, 4) is 0 Å². The van der Waals surface area contributed by atoms with Crippen LogP contribution in [0.3, 0.4) is 0 Å². The van der Waals surface area contributed by atoms with E-state index in [9.17, 15) is 4.79 Å². The van der Waals surface area contributed by atoms with Gasteiger partial charge in [-0.2, -0.15) is 0 Å². The highest BCUT2D eigenvalue weighted by Crippen LogP contribution is 2.25. The van der Waals surface area contributed by atoms with Crippen molar-refractivity contribution in [1.29, 1.82) is 0 Å². The van der Waals surface area contributed by atoms with E-state index in [1.165, 1.54) is 0 Å². The Morgan fingerprint density at radius 3 is 2.76 bits per heavy atom. The Hall–Kier alpha value is -0.930. The summed E-state index contributed by atoms with van der Waals surface area (Å²) in [6.45, 7) is 0.569. The molecule has 2 N–H and O–H groups in total. The van der Waals surface area contributed by atoms with Gasteiger partial charge in [0.1, 0.15) is 0 Å². The largest absolute Gasteiger partial charge is 0.383 e. The Morgan fingerprint density at radius 1 is 1.35 bits per heavy atom. The van der Waals surface area contributed by atoms with Gasteiger partial charge in [0, 0.05) is 24.0 Å². The third-order valence-corrected chi connectivity index (χ3v) is 3.09. The summed E-state index contributed by atoms with van der Waals surface area (Å²) >= 11 is 11.8. The van der Waals surface area contributed by atoms with Gasteiger partial charge in [-0.15, -0.1) is 0 Å². The second-order valence-electron chi connectivity index (χ2n) is 4.14. The standard InChI is InChI=1S/C12H14Cl2N2O/c13-8-1-4-11(10(14)7-8)15-6-5-12(17)16-9-2-3-9/h1,4,7,9,15H,2-3,5-6H2,(H,16,17). The van der Waals surface area contributed by atoms with Gasteiger partial charge in [-0.3, -0.25) is 4.79 Å². The van der Waals surface area contributed by atoms with Crippen molar-refractivity contribution in [2.45, 2.75) is 25.3 Å². The molecule has 1 aromatic carbocycles. The van der Waals surface area contributed by atoms with E-state index in [0.717, 1.165) is 18.5 Å². The lowest BCUT2D eigenvalue weighted by atomic mass is 10.3. The quantitative estimate of drug-likeness (QED) is 0.865. The summed E-state index contributed by atoms with van der Waals surface area (Å²) in [6, 6.07) is 5.67. The number of hydrogen-bond donors (Lipinski definition) is 2. The first-order valence-electron chi connectivity index (χ1n) is 5.63. The fourth-order valence-electron chi connectivity index (χ4n) is 1.47. The molecule has 2 rings (SSSR count). The third-order valence-electron chi connectivity index (χ3n) is 2.54. The molecule has 0 heterocycles. The summed E-state index contributed by atoms with van der Waals surface area (Å²) in [7, 11) is 0. The van der Waals surface area contributed by atoms with E-state index < -0.39 is 0 Å². The first kappa shape index (κ1) is 12.5. The molecule has 17 heavy (non-hydrogen) atoms. The Kier molecular flexibility index (Phi) is 4.13. The maximum atomic E-state index is 11.4. The van der Waals surface area contributed by atoms with Gasteiger partial charge in [-0.1, -0.05) is 23.2 Å². The first-order valence-corrected chi connectivity index (χ1v) is 6.39. The summed E-state index contributed by atoms with van der Waals surface area (Å²) in [4.78, 5) is 11.4. The van der Waals surface area contributed by atoms with Crippen LogP contribution in [0, 0.1) is 0 Å². The van der Waals surface area contributed by atoms with Crippen molar-refractivity contribution in [1.82, 2.24) is 5.32 Å². The lowest BCUT2D eigenvalue weighted by Gasteiger charge is -2.08. The Labute approximate surface area is 110 Å². The SMILES string of the molecule is O=C(CCNc1ccc(Cl)cc1Cl)NC1CC1. The van der Waals surface area contributed by atoms with Gasteiger partial charge in [0.05, 0.1) is 10.7 Å². The van der Waals surface area contributed by atoms with Crippen molar-refractivity contribution in [3.63, 3.8) is 0 Å². The van der Waals surface area contributed by atoms with E-state index in [4.69, 9.17) is 23.2 Å². The van der Waals surface area contributed by atoms with Crippen LogP contribution in [-0.4, -0.2) is 18.5 Å². The molecule has 1 saturated carbocycles. The van der Waals surface area contributed by atoms with Crippen LogP contribution < -0.4 is 10.6 Å². The Balaban J connectivity index is 1.75. The maximum Gasteiger partial charge on any atom is 0.221 e. The molecule has 5 heteroatoms. The second-order valence-corrected chi connectivity index (χ2v) is 4.99. The van der Waals surface area contributed by atoms with Crippen molar-refractivity contribution >= 4 is 34.8 Å². The first-order chi connectivity index (χ1) is 8.15. The minimum atomic E-state index is 0.0880. The molecule has 3 nitrogen and oxygen atoms in total. The molecule has 0 saturated heterocycles. The monoisotopic (exact) mass is 272 g/mol. The number of anilines is 1. The fourth-order valence-corrected chi connectivity index (χ4v) is 1.95. The number of nitrogens with one attached hydrogen (secondary N) is 2. The second kappa shape index (κ2) is 5.61. The summed E-state index contributed by atoms with van der Waals surface area (Å²) in [6.07, 6.45) is 2.68. The van der Waals surface area contributed by atoms with Crippen LogP contribution in [0.4, 0.5) is 5.69 Å². The predicted octanol–water partition coefficient (Wildman–Crippen LogP) is 3.07. The predicted molar refractivity (Wildman–Crippen MR) is 70.7 cm³/mol. The zero-order chi connectivity index (χ0) is 12.3. The molecule has 0 radical (unpaired) electrons. The summed E-state index contributed by atoms with van der Waals surface area (Å²) in [5, 5.41) is 7.22. The average Bonchev–Trinajstić information content (AvgIpc) is 3.05. The summed E-state index contributed by atoms with van der Waals surface area (Å²) in [5.74, 6) is 0.0880. The molecule has 1 amide bonds. The number of rotatable bonds is 5. The fraction of sp³-hybridized carbons (Fsp3) is 0.417. The number of benzene rings is 1. The van der Waals surface area contributed by atoms with Crippen LogP contribution in [0.5, 0.6) is 0 Å². The molecule has 0 bridgehead atoms. The van der Waals surface area contributed by atoms with Crippen LogP contribution in [-0.2, 0) is 4.79 Å². The van der Waals surface area contributed by atoms with Crippen molar-refractivity contribution in [2.75, 3.05) is 11.9 Å². The maximum absolute atomic E-state index is 11.4. The topological polar surface area (TPSA) is 41.1 Å². The van der Waals surface area contributed by atoms with E-state index in [0.29, 0.717) is 29.1 Å². The number of carbonyl (C=O) groups is 1. The van der Waals surface area contributed by atoms with Gasteiger partial charge >= 0.3 is 0 Å². The third kappa shape index (κ3) is 4.10. The molecule has 0 aliphatic heterocycles. The molecule has 1 fully saturated rings. The van der Waals surface area contributed by atoms with E-state index >= 15 is 0 Å². The van der Waals surface area contributed by atoms with E-state index in [1.54, 1.807) is 12.1 Å². The number of hydrogen-bond acceptors (Lipinski definition) is 2. The van der Waals surface area contributed by atoms with Crippen LogP contribution in [0.1, 0.15) is 19.3 Å². The van der Waals surface area contributed by atoms with Gasteiger partial charge in [0.15, 0.2) is 0 Å². The highest BCUT2D eigenvalue weighted by atomic mass is 35.5. The summed E-state index contributed by atoms with van der Waals surface area (Å²) in [5.41, 5.74) is 0.801. The van der Waals surface area contributed by atoms with Crippen LogP contribution in [0.25, 0.3) is 0 Å². The zero-order valence-corrected chi connectivity index (χ0v) is 10.8. The number of carbonyl (C=O) groups excluding carboxylic acids is 1. The molecule has 92 valence electrons. The van der Waals surface area contributed by atoms with Crippen molar-refractivity contribution < 1.29 is 4.79 Å². The minimum Gasteiger partial charge on any atom is -0.383 e. The molecule has 0 spiro atoms. The number of amides is 1. The van der Waals surface area contributed by atoms with Gasteiger partial charge in [0.25, 0.3) is 0 Å². The smallest absolute Gasteiger partial charge is 0.221 e. The van der Waals surface area contributed by atoms with E-state index in [2.05, 4.69) is 10.6 Å². The Morgan fingerprint density at radius 2 is 2.12 bits per heavy atom. The molecule has 0 aromatic heterocycles. The van der Waals surface area contributed by atoms with Gasteiger partial charge in [0.2, 0.25) is 5.91 Å². The minimum absolute atomic E-state index is 0.0880. The zero-order valence-electron chi connectivity index (χ0n) is 9.30. The highest BCUT2D eigenvalue weighted by molar-refractivity contribution is 6.36. The van der Waals surface area contributed by atoms with E-state index in [-0.39, 0.29) is 5.91 Å². The lowest BCUT2D eigenvalue weighted by molar-refractivity contribution is -0.120. The van der Waals surface area contributed by atoms with Gasteiger partial charge in [-0.05, 0) is 31.0 Å². The average molecular weight is 273 g/mol. The molecular formula is C12H14Cl2N2O. The lowest BCUT2D eigenvalue weighted by Crippen LogP contribution is -2.27. The highest BCUT2D eigenvalue weighted by Gasteiger charge is 2.22. The normalized spacial score (nSPS) is 14.5. The van der Waals surface area contributed by atoms with Crippen LogP contribution in [0.15, 0.2) is 18.2 Å². The van der Waals surface area contributed by atoms with Gasteiger partial charge in [-0.25, -0.2) is 0 Å². The molecule has 0 atom stereocenters. The van der Waals surface area contributed by atoms with Crippen LogP contribution in [0.2, 0.25) is 10.0 Å².